The summed E-state index contributed by atoms with van der Waals surface area (Å²) in [5.74, 6) is 0.850. The predicted octanol–water partition coefficient (Wildman–Crippen LogP) is 2.62. The van der Waals surface area contributed by atoms with E-state index in [1.807, 2.05) is 30.5 Å². The van der Waals surface area contributed by atoms with Crippen molar-refractivity contribution in [1.29, 1.82) is 0 Å². The third-order valence-electron chi connectivity index (χ3n) is 2.47. The van der Waals surface area contributed by atoms with Gasteiger partial charge in [0.05, 0.1) is 0 Å². The molecule has 0 spiro atoms. The van der Waals surface area contributed by atoms with Gasteiger partial charge >= 0.3 is 6.01 Å². The highest BCUT2D eigenvalue weighted by Crippen LogP contribution is 2.23. The number of rotatable bonds is 4. The smallest absolute Gasteiger partial charge is 0.328 e. The van der Waals surface area contributed by atoms with Crippen LogP contribution in [0.15, 0.2) is 41.8 Å². The summed E-state index contributed by atoms with van der Waals surface area (Å²) in [4.78, 5) is 17.0. The molecule has 0 unspecified atom stereocenters. The zero-order valence-electron chi connectivity index (χ0n) is 10.8. The molecule has 0 fully saturated rings. The van der Waals surface area contributed by atoms with E-state index in [4.69, 9.17) is 16.3 Å². The molecule has 0 saturated carbocycles. The van der Waals surface area contributed by atoms with Gasteiger partial charge in [-0.2, -0.15) is 24.7 Å². The lowest BCUT2D eigenvalue weighted by molar-refractivity contribution is 0.437. The molecule has 0 aliphatic carbocycles. The molecular weight excluding hydrogens is 312 g/mol. The molecule has 0 bridgehead atoms. The molecule has 7 nitrogen and oxygen atoms in total. The summed E-state index contributed by atoms with van der Waals surface area (Å²) in [6.07, 6.45) is 4.84. The summed E-state index contributed by atoms with van der Waals surface area (Å²) < 4.78 is 6.95. The fraction of sp³-hybridized carbons (Fsp3) is 0.0833. The van der Waals surface area contributed by atoms with Crippen molar-refractivity contribution in [2.24, 2.45) is 0 Å². The molecule has 0 N–H and O–H groups in total. The van der Waals surface area contributed by atoms with Gasteiger partial charge in [0.1, 0.15) is 18.4 Å². The number of nitrogens with zero attached hydrogens (tertiary/aromatic N) is 6. The Morgan fingerprint density at radius 1 is 1.14 bits per heavy atom. The number of aromatic nitrogens is 6. The Hall–Kier alpha value is -2.19. The van der Waals surface area contributed by atoms with E-state index >= 15 is 0 Å². The Balaban J connectivity index is 1.88. The Morgan fingerprint density at radius 2 is 1.95 bits per heavy atom. The van der Waals surface area contributed by atoms with Gasteiger partial charge < -0.3 is 4.74 Å². The maximum absolute atomic E-state index is 5.87. The summed E-state index contributed by atoms with van der Waals surface area (Å²) in [6.45, 7) is 0. The normalized spacial score (nSPS) is 10.6. The molecule has 0 radical (unpaired) electrons. The number of benzene rings is 1. The van der Waals surface area contributed by atoms with Gasteiger partial charge in [-0.1, -0.05) is 0 Å². The number of thioether (sulfide) groups is 1. The SMILES string of the molecule is CSc1ccc(Oc2nc(Cl)nc(-n3cncn3)n2)cc1. The van der Waals surface area contributed by atoms with Gasteiger partial charge in [-0.25, -0.2) is 4.98 Å². The van der Waals surface area contributed by atoms with Gasteiger partial charge in [0.2, 0.25) is 5.28 Å². The highest BCUT2D eigenvalue weighted by molar-refractivity contribution is 7.98. The van der Waals surface area contributed by atoms with Crippen molar-refractivity contribution in [2.45, 2.75) is 4.90 Å². The minimum Gasteiger partial charge on any atom is -0.424 e. The first-order valence-corrected chi connectivity index (χ1v) is 7.43. The molecule has 2 heterocycles. The standard InChI is InChI=1S/C12H9ClN6OS/c1-21-9-4-2-8(3-5-9)20-12-17-10(13)16-11(18-12)19-7-14-6-15-19/h2-7H,1H3. The van der Waals surface area contributed by atoms with E-state index in [1.165, 1.54) is 17.3 Å². The molecule has 0 atom stereocenters. The van der Waals surface area contributed by atoms with Crippen LogP contribution < -0.4 is 4.74 Å². The summed E-state index contributed by atoms with van der Waals surface area (Å²) in [7, 11) is 0. The summed E-state index contributed by atoms with van der Waals surface area (Å²) in [6, 6.07) is 7.65. The van der Waals surface area contributed by atoms with Crippen LogP contribution >= 0.6 is 23.4 Å². The van der Waals surface area contributed by atoms with E-state index in [-0.39, 0.29) is 17.2 Å². The molecule has 1 aromatic carbocycles. The Bertz CT molecular complexity index is 734. The molecule has 0 aliphatic heterocycles. The van der Waals surface area contributed by atoms with Crippen LogP contribution in [0.4, 0.5) is 0 Å². The van der Waals surface area contributed by atoms with Crippen LogP contribution in [0.1, 0.15) is 0 Å². The van der Waals surface area contributed by atoms with Crippen LogP contribution in [-0.2, 0) is 0 Å². The van der Waals surface area contributed by atoms with Gasteiger partial charge in [-0.05, 0) is 42.1 Å². The summed E-state index contributed by atoms with van der Waals surface area (Å²) in [5, 5.41) is 3.95. The van der Waals surface area contributed by atoms with Crippen LogP contribution in [0, 0.1) is 0 Å². The van der Waals surface area contributed by atoms with E-state index in [1.54, 1.807) is 11.8 Å². The molecule has 3 aromatic rings. The number of hydrogen-bond donors (Lipinski definition) is 0. The average Bonchev–Trinajstić information content (AvgIpc) is 3.02. The van der Waals surface area contributed by atoms with Crippen molar-refractivity contribution in [2.75, 3.05) is 6.26 Å². The van der Waals surface area contributed by atoms with Crippen LogP contribution in [0.2, 0.25) is 5.28 Å². The maximum atomic E-state index is 5.87. The van der Waals surface area contributed by atoms with Gasteiger partial charge in [0.15, 0.2) is 0 Å². The summed E-state index contributed by atoms with van der Waals surface area (Å²) >= 11 is 7.52. The predicted molar refractivity (Wildman–Crippen MR) is 78.1 cm³/mol. The van der Waals surface area contributed by atoms with Gasteiger partial charge in [0.25, 0.3) is 5.95 Å². The molecule has 21 heavy (non-hydrogen) atoms. The third kappa shape index (κ3) is 3.29. The molecule has 0 saturated heterocycles. The Labute approximate surface area is 129 Å². The zero-order chi connectivity index (χ0) is 14.7. The first kappa shape index (κ1) is 13.8. The van der Waals surface area contributed by atoms with E-state index < -0.39 is 0 Å². The second-order valence-corrected chi connectivity index (χ2v) is 5.02. The lowest BCUT2D eigenvalue weighted by Crippen LogP contribution is -2.05. The molecular formula is C12H9ClN6OS. The van der Waals surface area contributed by atoms with Crippen LogP contribution in [-0.4, -0.2) is 36.0 Å². The molecule has 0 amide bonds. The van der Waals surface area contributed by atoms with Crippen LogP contribution in [0.3, 0.4) is 0 Å². The van der Waals surface area contributed by atoms with Crippen molar-refractivity contribution in [3.8, 4) is 17.7 Å². The Kier molecular flexibility index (Phi) is 3.98. The second kappa shape index (κ2) is 6.06. The lowest BCUT2D eigenvalue weighted by Gasteiger charge is -2.06. The first-order valence-electron chi connectivity index (χ1n) is 5.83. The quantitative estimate of drug-likeness (QED) is 0.684. The number of halogens is 1. The zero-order valence-corrected chi connectivity index (χ0v) is 12.4. The highest BCUT2D eigenvalue weighted by atomic mass is 35.5. The van der Waals surface area contributed by atoms with Crippen molar-refractivity contribution in [1.82, 2.24) is 29.7 Å². The molecule has 0 aliphatic rings. The molecule has 3 rings (SSSR count). The fourth-order valence-electron chi connectivity index (χ4n) is 1.53. The van der Waals surface area contributed by atoms with Crippen LogP contribution in [0.5, 0.6) is 11.8 Å². The van der Waals surface area contributed by atoms with Crippen molar-refractivity contribution in [3.05, 3.63) is 42.2 Å². The van der Waals surface area contributed by atoms with Gasteiger partial charge in [-0.3, -0.25) is 0 Å². The van der Waals surface area contributed by atoms with Gasteiger partial charge in [0, 0.05) is 4.90 Å². The topological polar surface area (TPSA) is 78.6 Å². The second-order valence-electron chi connectivity index (χ2n) is 3.80. The third-order valence-corrected chi connectivity index (χ3v) is 3.38. The lowest BCUT2D eigenvalue weighted by atomic mass is 10.3. The van der Waals surface area contributed by atoms with Crippen molar-refractivity contribution in [3.63, 3.8) is 0 Å². The van der Waals surface area contributed by atoms with E-state index in [9.17, 15) is 0 Å². The van der Waals surface area contributed by atoms with Crippen molar-refractivity contribution >= 4 is 23.4 Å². The fourth-order valence-corrected chi connectivity index (χ4v) is 2.09. The van der Waals surface area contributed by atoms with E-state index in [0.717, 1.165) is 4.90 Å². The number of hydrogen-bond acceptors (Lipinski definition) is 7. The average molecular weight is 321 g/mol. The van der Waals surface area contributed by atoms with Crippen molar-refractivity contribution < 1.29 is 4.74 Å². The molecule has 9 heteroatoms. The summed E-state index contributed by atoms with van der Waals surface area (Å²) in [5.41, 5.74) is 0. The van der Waals surface area contributed by atoms with Gasteiger partial charge in [-0.15, -0.1) is 11.8 Å². The highest BCUT2D eigenvalue weighted by Gasteiger charge is 2.09. The molecule has 2 aromatic heterocycles. The minimum absolute atomic E-state index is 0.0197. The number of ether oxygens (including phenoxy) is 1. The largest absolute Gasteiger partial charge is 0.424 e. The molecule has 106 valence electrons. The first-order chi connectivity index (χ1) is 10.2. The van der Waals surface area contributed by atoms with E-state index in [0.29, 0.717) is 5.75 Å². The maximum Gasteiger partial charge on any atom is 0.328 e. The monoisotopic (exact) mass is 320 g/mol. The Morgan fingerprint density at radius 3 is 2.62 bits per heavy atom. The van der Waals surface area contributed by atoms with Crippen LogP contribution in [0.25, 0.3) is 5.95 Å². The van der Waals surface area contributed by atoms with E-state index in [2.05, 4.69) is 25.0 Å². The minimum atomic E-state index is 0.0197.